The van der Waals surface area contributed by atoms with Crippen molar-refractivity contribution >= 4 is 5.82 Å². The molecule has 4 atom stereocenters. The Morgan fingerprint density at radius 2 is 2.18 bits per heavy atom. The van der Waals surface area contributed by atoms with E-state index in [1.54, 1.807) is 0 Å². The van der Waals surface area contributed by atoms with Crippen molar-refractivity contribution in [3.63, 3.8) is 0 Å². The molecule has 17 heavy (non-hydrogen) atoms. The molecule has 1 fully saturated rings. The second-order valence-electron chi connectivity index (χ2n) is 3.64. The molecule has 0 aromatic carbocycles. The van der Waals surface area contributed by atoms with E-state index in [0.29, 0.717) is 0 Å². The van der Waals surface area contributed by atoms with Crippen LogP contribution in [0.25, 0.3) is 0 Å². The molecule has 1 aliphatic rings. The standard InChI is InChI=1S/C8H12N4O5/c9-4-1-10-12(8(16)11-4)7-6(15)5(14)3(2-13)17-7/h1,3,5-7,13-15H,2H2,(H2,9,11,16)/t3-,5-,6+,7+/m1/s1. The summed E-state index contributed by atoms with van der Waals surface area (Å²) in [6.07, 6.45) is -3.71. The van der Waals surface area contributed by atoms with Gasteiger partial charge in [-0.15, -0.1) is 0 Å². The third kappa shape index (κ3) is 2.00. The maximum absolute atomic E-state index is 11.4. The molecular formula is C8H12N4O5. The van der Waals surface area contributed by atoms with Gasteiger partial charge in [-0.05, 0) is 0 Å². The average Bonchev–Trinajstić information content (AvgIpc) is 2.57. The van der Waals surface area contributed by atoms with Crippen molar-refractivity contribution in [3.05, 3.63) is 16.7 Å². The lowest BCUT2D eigenvalue weighted by Gasteiger charge is -2.15. The second-order valence-corrected chi connectivity index (χ2v) is 3.64. The van der Waals surface area contributed by atoms with Gasteiger partial charge in [-0.25, -0.2) is 4.79 Å². The number of rotatable bonds is 2. The van der Waals surface area contributed by atoms with Crippen LogP contribution in [0, 0.1) is 0 Å². The lowest BCUT2D eigenvalue weighted by atomic mass is 10.1. The summed E-state index contributed by atoms with van der Waals surface area (Å²) in [5.74, 6) is -0.0574. The van der Waals surface area contributed by atoms with Gasteiger partial charge >= 0.3 is 5.69 Å². The van der Waals surface area contributed by atoms with E-state index in [1.807, 2.05) is 0 Å². The molecule has 0 aliphatic carbocycles. The molecule has 1 aromatic rings. The Morgan fingerprint density at radius 3 is 2.71 bits per heavy atom. The number of nitrogens with zero attached hydrogens (tertiary/aromatic N) is 3. The highest BCUT2D eigenvalue weighted by Gasteiger charge is 2.44. The summed E-state index contributed by atoms with van der Waals surface area (Å²) in [6.45, 7) is -0.480. The molecular weight excluding hydrogens is 232 g/mol. The molecule has 0 spiro atoms. The Labute approximate surface area is 95.1 Å². The number of aromatic nitrogens is 3. The third-order valence-corrected chi connectivity index (χ3v) is 2.49. The van der Waals surface area contributed by atoms with Crippen LogP contribution in [0.5, 0.6) is 0 Å². The molecule has 0 saturated carbocycles. The first-order chi connectivity index (χ1) is 8.04. The quantitative estimate of drug-likeness (QED) is 0.426. The minimum Gasteiger partial charge on any atom is -0.394 e. The zero-order valence-corrected chi connectivity index (χ0v) is 8.67. The fraction of sp³-hybridized carbons (Fsp3) is 0.625. The number of aliphatic hydroxyl groups is 3. The molecule has 0 radical (unpaired) electrons. The van der Waals surface area contributed by atoms with E-state index in [2.05, 4.69) is 10.1 Å². The summed E-state index contributed by atoms with van der Waals surface area (Å²) in [5.41, 5.74) is 4.46. The monoisotopic (exact) mass is 244 g/mol. The van der Waals surface area contributed by atoms with E-state index in [9.17, 15) is 15.0 Å². The summed E-state index contributed by atoms with van der Waals surface area (Å²) >= 11 is 0. The molecule has 2 rings (SSSR count). The third-order valence-electron chi connectivity index (χ3n) is 2.49. The van der Waals surface area contributed by atoms with Crippen LogP contribution in [0.4, 0.5) is 5.82 Å². The number of nitrogens with two attached hydrogens (primary N) is 1. The number of aliphatic hydroxyl groups excluding tert-OH is 3. The largest absolute Gasteiger partial charge is 0.394 e. The van der Waals surface area contributed by atoms with Crippen LogP contribution in [0.2, 0.25) is 0 Å². The first-order valence-electron chi connectivity index (χ1n) is 4.88. The highest BCUT2D eigenvalue weighted by Crippen LogP contribution is 2.27. The summed E-state index contributed by atoms with van der Waals surface area (Å²) in [6, 6.07) is 0. The topological polar surface area (TPSA) is 144 Å². The van der Waals surface area contributed by atoms with E-state index >= 15 is 0 Å². The van der Waals surface area contributed by atoms with Crippen molar-refractivity contribution in [2.45, 2.75) is 24.5 Å². The molecule has 9 heteroatoms. The smallest absolute Gasteiger partial charge is 0.368 e. The minimum atomic E-state index is -1.37. The summed E-state index contributed by atoms with van der Waals surface area (Å²) in [5, 5.41) is 31.7. The van der Waals surface area contributed by atoms with Crippen molar-refractivity contribution in [3.8, 4) is 0 Å². The van der Waals surface area contributed by atoms with Gasteiger partial charge in [0.25, 0.3) is 0 Å². The molecule has 1 saturated heterocycles. The number of hydrogen-bond acceptors (Lipinski definition) is 8. The zero-order chi connectivity index (χ0) is 12.6. The fourth-order valence-electron chi connectivity index (χ4n) is 1.62. The average molecular weight is 244 g/mol. The molecule has 94 valence electrons. The highest BCUT2D eigenvalue weighted by molar-refractivity contribution is 5.19. The van der Waals surface area contributed by atoms with Crippen LogP contribution >= 0.6 is 0 Å². The summed E-state index contributed by atoms with van der Waals surface area (Å²) < 4.78 is 5.88. The second kappa shape index (κ2) is 4.37. The van der Waals surface area contributed by atoms with E-state index in [1.165, 1.54) is 0 Å². The Bertz CT molecular complexity index is 463. The first-order valence-corrected chi connectivity index (χ1v) is 4.88. The van der Waals surface area contributed by atoms with Gasteiger partial charge in [0.05, 0.1) is 12.8 Å². The molecule has 5 N–H and O–H groups in total. The number of nitrogen functional groups attached to an aromatic ring is 1. The van der Waals surface area contributed by atoms with Crippen LogP contribution in [-0.2, 0) is 4.74 Å². The maximum atomic E-state index is 11.4. The normalized spacial score (nSPS) is 32.9. The molecule has 2 heterocycles. The van der Waals surface area contributed by atoms with Crippen LogP contribution in [0.15, 0.2) is 11.0 Å². The fourth-order valence-corrected chi connectivity index (χ4v) is 1.62. The summed E-state index contributed by atoms with van der Waals surface area (Å²) in [7, 11) is 0. The Kier molecular flexibility index (Phi) is 3.07. The van der Waals surface area contributed by atoms with Gasteiger partial charge in [0.2, 0.25) is 0 Å². The highest BCUT2D eigenvalue weighted by atomic mass is 16.6. The molecule has 0 amide bonds. The van der Waals surface area contributed by atoms with Crippen molar-refractivity contribution in [2.75, 3.05) is 12.3 Å². The van der Waals surface area contributed by atoms with E-state index in [0.717, 1.165) is 10.9 Å². The van der Waals surface area contributed by atoms with Crippen molar-refractivity contribution in [1.82, 2.24) is 14.8 Å². The van der Waals surface area contributed by atoms with Crippen LogP contribution in [-0.4, -0.2) is 55.0 Å². The minimum absolute atomic E-state index is 0.0574. The summed E-state index contributed by atoms with van der Waals surface area (Å²) in [4.78, 5) is 14.9. The number of anilines is 1. The molecule has 0 unspecified atom stereocenters. The van der Waals surface area contributed by atoms with Gasteiger partial charge in [-0.2, -0.15) is 14.8 Å². The first kappa shape index (κ1) is 11.9. The van der Waals surface area contributed by atoms with Gasteiger partial charge in [0.1, 0.15) is 24.1 Å². The Hall–Kier alpha value is -1.55. The zero-order valence-electron chi connectivity index (χ0n) is 8.67. The van der Waals surface area contributed by atoms with Gasteiger partial charge in [0.15, 0.2) is 6.23 Å². The lowest BCUT2D eigenvalue weighted by Crippen LogP contribution is -2.37. The van der Waals surface area contributed by atoms with Gasteiger partial charge in [-0.3, -0.25) is 0 Å². The number of ether oxygens (including phenoxy) is 1. The molecule has 9 nitrogen and oxygen atoms in total. The maximum Gasteiger partial charge on any atom is 0.368 e. The molecule has 1 aliphatic heterocycles. The van der Waals surface area contributed by atoms with Crippen molar-refractivity contribution in [2.24, 2.45) is 0 Å². The van der Waals surface area contributed by atoms with Crippen molar-refractivity contribution in [1.29, 1.82) is 0 Å². The van der Waals surface area contributed by atoms with E-state index in [4.69, 9.17) is 15.6 Å². The van der Waals surface area contributed by atoms with Gasteiger partial charge in [0, 0.05) is 0 Å². The molecule has 0 bridgehead atoms. The predicted octanol–water partition coefficient (Wildman–Crippen LogP) is -3.17. The van der Waals surface area contributed by atoms with Gasteiger partial charge < -0.3 is 25.8 Å². The van der Waals surface area contributed by atoms with Crippen LogP contribution in [0.1, 0.15) is 6.23 Å². The Balaban J connectivity index is 2.32. The van der Waals surface area contributed by atoms with E-state index in [-0.39, 0.29) is 5.82 Å². The number of hydrogen-bond donors (Lipinski definition) is 4. The van der Waals surface area contributed by atoms with Gasteiger partial charge in [-0.1, -0.05) is 0 Å². The predicted molar refractivity (Wildman–Crippen MR) is 53.7 cm³/mol. The van der Waals surface area contributed by atoms with Crippen molar-refractivity contribution < 1.29 is 20.1 Å². The Morgan fingerprint density at radius 1 is 1.47 bits per heavy atom. The lowest BCUT2D eigenvalue weighted by molar-refractivity contribution is -0.0616. The SMILES string of the molecule is Nc1cnn([C@H]2O[C@H](CO)[C@@H](O)[C@@H]2O)c(=O)n1. The van der Waals surface area contributed by atoms with Crippen LogP contribution in [0.3, 0.4) is 0 Å². The van der Waals surface area contributed by atoms with Crippen LogP contribution < -0.4 is 11.4 Å². The molecule has 1 aromatic heterocycles. The van der Waals surface area contributed by atoms with E-state index < -0.39 is 36.8 Å².